The van der Waals surface area contributed by atoms with E-state index >= 15 is 0 Å². The first-order chi connectivity index (χ1) is 11.9. The van der Waals surface area contributed by atoms with Gasteiger partial charge in [-0.1, -0.05) is 19.0 Å². The van der Waals surface area contributed by atoms with E-state index in [9.17, 15) is 9.59 Å². The monoisotopic (exact) mass is 344 g/mol. The van der Waals surface area contributed by atoms with Gasteiger partial charge < -0.3 is 14.3 Å². The second kappa shape index (κ2) is 6.82. The minimum Gasteiger partial charge on any atom is -0.341 e. The highest BCUT2D eigenvalue weighted by atomic mass is 16.5. The van der Waals surface area contributed by atoms with E-state index in [0.29, 0.717) is 48.5 Å². The maximum absolute atomic E-state index is 13.2. The van der Waals surface area contributed by atoms with Gasteiger partial charge in [0, 0.05) is 38.8 Å². The molecule has 0 aliphatic carbocycles. The number of carbonyl (C=O) groups excluding carboxylic acids is 2. The molecule has 1 aliphatic heterocycles. The molecule has 2 amide bonds. The fourth-order valence-electron chi connectivity index (χ4n) is 3.18. The minimum atomic E-state index is -0.0500. The van der Waals surface area contributed by atoms with E-state index in [1.54, 1.807) is 11.8 Å². The van der Waals surface area contributed by atoms with Crippen LogP contribution in [0.1, 0.15) is 54.9 Å². The molecule has 0 aromatic carbocycles. The van der Waals surface area contributed by atoms with Crippen molar-refractivity contribution >= 4 is 22.9 Å². The van der Waals surface area contributed by atoms with Crippen molar-refractivity contribution in [2.75, 3.05) is 26.2 Å². The van der Waals surface area contributed by atoms with Crippen molar-refractivity contribution in [2.24, 2.45) is 0 Å². The average molecular weight is 344 g/mol. The molecule has 0 bridgehead atoms. The Labute approximate surface area is 147 Å². The van der Waals surface area contributed by atoms with Gasteiger partial charge in [0.2, 0.25) is 5.91 Å². The molecule has 7 heteroatoms. The lowest BCUT2D eigenvalue weighted by molar-refractivity contribution is -0.128. The Morgan fingerprint density at radius 3 is 2.52 bits per heavy atom. The first kappa shape index (κ1) is 17.4. The van der Waals surface area contributed by atoms with Gasteiger partial charge in [0.25, 0.3) is 11.6 Å². The van der Waals surface area contributed by atoms with Crippen LogP contribution >= 0.6 is 0 Å². The molecular formula is C18H24N4O3. The van der Waals surface area contributed by atoms with E-state index in [1.807, 2.05) is 31.7 Å². The largest absolute Gasteiger partial charge is 0.341 e. The Morgan fingerprint density at radius 2 is 1.84 bits per heavy atom. The molecule has 0 N–H and O–H groups in total. The van der Waals surface area contributed by atoms with Crippen molar-refractivity contribution in [2.45, 2.75) is 40.0 Å². The van der Waals surface area contributed by atoms with Gasteiger partial charge in [-0.25, -0.2) is 4.98 Å². The normalized spacial score (nSPS) is 15.7. The zero-order valence-corrected chi connectivity index (χ0v) is 15.2. The zero-order valence-electron chi connectivity index (χ0n) is 15.2. The molecule has 3 heterocycles. The summed E-state index contributed by atoms with van der Waals surface area (Å²) < 4.78 is 5.31. The van der Waals surface area contributed by atoms with Crippen LogP contribution in [0.15, 0.2) is 10.6 Å². The number of amides is 2. The lowest BCUT2D eigenvalue weighted by Crippen LogP contribution is -2.36. The molecule has 2 aromatic rings. The van der Waals surface area contributed by atoms with E-state index < -0.39 is 0 Å². The van der Waals surface area contributed by atoms with Gasteiger partial charge in [0.15, 0.2) is 0 Å². The van der Waals surface area contributed by atoms with Crippen molar-refractivity contribution in [1.29, 1.82) is 0 Å². The molecular weight excluding hydrogens is 320 g/mol. The molecule has 7 nitrogen and oxygen atoms in total. The summed E-state index contributed by atoms with van der Waals surface area (Å²) in [5, 5.41) is 4.66. The Hall–Kier alpha value is -2.44. The number of nitrogens with zero attached hydrogens (tertiary/aromatic N) is 4. The van der Waals surface area contributed by atoms with E-state index in [-0.39, 0.29) is 17.7 Å². The SMILES string of the molecule is CC(=O)N1CCCN(C(=O)c2cc(C(C)C)nc3onc(C)c23)CC1. The molecule has 0 radical (unpaired) electrons. The maximum Gasteiger partial charge on any atom is 0.259 e. The quantitative estimate of drug-likeness (QED) is 0.835. The third-order valence-corrected chi connectivity index (χ3v) is 4.69. The topological polar surface area (TPSA) is 79.5 Å². The number of aryl methyl sites for hydroxylation is 1. The zero-order chi connectivity index (χ0) is 18.1. The summed E-state index contributed by atoms with van der Waals surface area (Å²) in [6.45, 7) is 9.86. The fourth-order valence-corrected chi connectivity index (χ4v) is 3.18. The van der Waals surface area contributed by atoms with Crippen LogP contribution in [0.3, 0.4) is 0 Å². The van der Waals surface area contributed by atoms with Crippen LogP contribution < -0.4 is 0 Å². The second-order valence-corrected chi connectivity index (χ2v) is 6.85. The molecule has 0 spiro atoms. The highest BCUT2D eigenvalue weighted by Gasteiger charge is 2.26. The van der Waals surface area contributed by atoms with Crippen LogP contribution in [-0.4, -0.2) is 57.9 Å². The van der Waals surface area contributed by atoms with Crippen molar-refractivity contribution in [3.05, 3.63) is 23.0 Å². The fraction of sp³-hybridized carbons (Fsp3) is 0.556. The molecule has 1 fully saturated rings. The number of pyridine rings is 1. The molecule has 0 saturated carbocycles. The predicted octanol–water partition coefficient (Wildman–Crippen LogP) is 2.35. The number of fused-ring (bicyclic) bond motifs is 1. The van der Waals surface area contributed by atoms with Gasteiger partial charge in [0.1, 0.15) is 0 Å². The smallest absolute Gasteiger partial charge is 0.259 e. The second-order valence-electron chi connectivity index (χ2n) is 6.85. The van der Waals surface area contributed by atoms with Crippen molar-refractivity contribution < 1.29 is 14.1 Å². The highest BCUT2D eigenvalue weighted by molar-refractivity contribution is 6.06. The molecule has 2 aromatic heterocycles. The van der Waals surface area contributed by atoms with Gasteiger partial charge in [0.05, 0.1) is 16.6 Å². The molecule has 25 heavy (non-hydrogen) atoms. The molecule has 0 atom stereocenters. The summed E-state index contributed by atoms with van der Waals surface area (Å²) in [4.78, 5) is 32.9. The number of hydrogen-bond acceptors (Lipinski definition) is 5. The van der Waals surface area contributed by atoms with Crippen LogP contribution in [0.2, 0.25) is 0 Å². The van der Waals surface area contributed by atoms with Crippen LogP contribution in [0, 0.1) is 6.92 Å². The first-order valence-corrected chi connectivity index (χ1v) is 8.70. The summed E-state index contributed by atoms with van der Waals surface area (Å²) in [7, 11) is 0. The highest BCUT2D eigenvalue weighted by Crippen LogP contribution is 2.26. The maximum atomic E-state index is 13.2. The van der Waals surface area contributed by atoms with Crippen LogP contribution in [-0.2, 0) is 4.79 Å². The third-order valence-electron chi connectivity index (χ3n) is 4.69. The van der Waals surface area contributed by atoms with Crippen LogP contribution in [0.4, 0.5) is 0 Å². The lowest BCUT2D eigenvalue weighted by Gasteiger charge is -2.22. The standard InChI is InChI=1S/C18H24N4O3/c1-11(2)15-10-14(16-12(3)20-25-17(16)19-15)18(24)22-7-5-6-21(8-9-22)13(4)23/h10-11H,5-9H2,1-4H3. The van der Waals surface area contributed by atoms with E-state index in [1.165, 1.54) is 0 Å². The van der Waals surface area contributed by atoms with E-state index in [0.717, 1.165) is 12.1 Å². The van der Waals surface area contributed by atoms with Crippen molar-refractivity contribution in [3.8, 4) is 0 Å². The molecule has 1 saturated heterocycles. The van der Waals surface area contributed by atoms with E-state index in [4.69, 9.17) is 4.52 Å². The molecule has 0 unspecified atom stereocenters. The first-order valence-electron chi connectivity index (χ1n) is 8.70. The molecule has 134 valence electrons. The van der Waals surface area contributed by atoms with Crippen molar-refractivity contribution in [3.63, 3.8) is 0 Å². The number of rotatable bonds is 2. The van der Waals surface area contributed by atoms with Gasteiger partial charge in [-0.2, -0.15) is 0 Å². The van der Waals surface area contributed by atoms with E-state index in [2.05, 4.69) is 10.1 Å². The number of hydrogen-bond donors (Lipinski definition) is 0. The Kier molecular flexibility index (Phi) is 4.74. The minimum absolute atomic E-state index is 0.0500. The van der Waals surface area contributed by atoms with Gasteiger partial charge in [-0.05, 0) is 25.3 Å². The van der Waals surface area contributed by atoms with Gasteiger partial charge in [-0.3, -0.25) is 9.59 Å². The Balaban J connectivity index is 1.96. The lowest BCUT2D eigenvalue weighted by atomic mass is 10.0. The summed E-state index contributed by atoms with van der Waals surface area (Å²) in [5.74, 6) is 0.183. The molecule has 3 rings (SSSR count). The van der Waals surface area contributed by atoms with Crippen molar-refractivity contribution in [1.82, 2.24) is 19.9 Å². The third kappa shape index (κ3) is 3.36. The number of carbonyl (C=O) groups is 2. The van der Waals surface area contributed by atoms with Crippen LogP contribution in [0.25, 0.3) is 11.1 Å². The van der Waals surface area contributed by atoms with Gasteiger partial charge in [-0.15, -0.1) is 0 Å². The summed E-state index contributed by atoms with van der Waals surface area (Å²) >= 11 is 0. The summed E-state index contributed by atoms with van der Waals surface area (Å²) in [6.07, 6.45) is 0.777. The average Bonchev–Trinajstić information content (AvgIpc) is 2.80. The number of aromatic nitrogens is 2. The van der Waals surface area contributed by atoms with Gasteiger partial charge >= 0.3 is 0 Å². The van der Waals surface area contributed by atoms with Crippen LogP contribution in [0.5, 0.6) is 0 Å². The predicted molar refractivity (Wildman–Crippen MR) is 93.4 cm³/mol. The molecule has 1 aliphatic rings. The summed E-state index contributed by atoms with van der Waals surface area (Å²) in [5.41, 5.74) is 2.48. The Bertz CT molecular complexity index is 812. The summed E-state index contributed by atoms with van der Waals surface area (Å²) in [6, 6.07) is 1.85. The Morgan fingerprint density at radius 1 is 1.16 bits per heavy atom.